The zero-order valence-corrected chi connectivity index (χ0v) is 13.3. The van der Waals surface area contributed by atoms with Gasteiger partial charge in [0.1, 0.15) is 18.5 Å². The summed E-state index contributed by atoms with van der Waals surface area (Å²) in [5.74, 6) is 0.453. The maximum absolute atomic E-state index is 11.8. The highest BCUT2D eigenvalue weighted by atomic mass is 32.2. The number of sulfone groups is 1. The second kappa shape index (κ2) is 9.02. The zero-order valence-electron chi connectivity index (χ0n) is 12.5. The van der Waals surface area contributed by atoms with Gasteiger partial charge in [-0.2, -0.15) is 0 Å². The molecule has 0 aliphatic rings. The van der Waals surface area contributed by atoms with Crippen molar-refractivity contribution in [2.75, 3.05) is 18.1 Å². The number of benzene rings is 1. The Labute approximate surface area is 127 Å². The van der Waals surface area contributed by atoms with Gasteiger partial charge in [0.05, 0.1) is 11.5 Å². The van der Waals surface area contributed by atoms with Gasteiger partial charge in [-0.3, -0.25) is 0 Å². The first-order valence-electron chi connectivity index (χ1n) is 7.27. The monoisotopic (exact) mass is 315 g/mol. The van der Waals surface area contributed by atoms with E-state index < -0.39 is 15.9 Å². The van der Waals surface area contributed by atoms with Gasteiger partial charge < -0.3 is 15.6 Å². The molecule has 1 atom stereocenters. The van der Waals surface area contributed by atoms with Crippen molar-refractivity contribution in [1.82, 2.24) is 0 Å². The normalized spacial score (nSPS) is 13.1. The van der Waals surface area contributed by atoms with E-state index in [1.807, 2.05) is 19.1 Å². The minimum absolute atomic E-state index is 0.0406. The van der Waals surface area contributed by atoms with E-state index >= 15 is 0 Å². The second-order valence-electron chi connectivity index (χ2n) is 5.14. The molecule has 0 fully saturated rings. The molecule has 0 amide bonds. The van der Waals surface area contributed by atoms with E-state index in [1.165, 1.54) is 0 Å². The van der Waals surface area contributed by atoms with Gasteiger partial charge in [0.15, 0.2) is 9.84 Å². The molecule has 1 aromatic carbocycles. The summed E-state index contributed by atoms with van der Waals surface area (Å²) in [6, 6.07) is 7.22. The third kappa shape index (κ3) is 7.45. The molecule has 5 nitrogen and oxygen atoms in total. The Bertz CT molecular complexity index is 516. The molecule has 1 aromatic rings. The second-order valence-corrected chi connectivity index (χ2v) is 7.37. The summed E-state index contributed by atoms with van der Waals surface area (Å²) in [5.41, 5.74) is 6.46. The van der Waals surface area contributed by atoms with Crippen LogP contribution in [0.3, 0.4) is 0 Å². The lowest BCUT2D eigenvalue weighted by atomic mass is 10.2. The molecule has 0 spiro atoms. The molecule has 1 rings (SSSR count). The zero-order chi connectivity index (χ0) is 15.7. The summed E-state index contributed by atoms with van der Waals surface area (Å²) in [6.45, 7) is 2.39. The lowest BCUT2D eigenvalue weighted by Gasteiger charge is -2.13. The Morgan fingerprint density at radius 2 is 2.10 bits per heavy atom. The van der Waals surface area contributed by atoms with Crippen molar-refractivity contribution in [1.29, 1.82) is 0 Å². The van der Waals surface area contributed by atoms with Crippen molar-refractivity contribution in [2.24, 2.45) is 5.73 Å². The van der Waals surface area contributed by atoms with Crippen molar-refractivity contribution in [3.63, 3.8) is 0 Å². The van der Waals surface area contributed by atoms with Crippen LogP contribution in [-0.4, -0.2) is 37.7 Å². The van der Waals surface area contributed by atoms with E-state index in [0.717, 1.165) is 18.4 Å². The number of aliphatic hydroxyl groups is 1. The Kier molecular flexibility index (Phi) is 7.71. The number of unbranched alkanes of at least 4 members (excludes halogenated alkanes) is 2. The van der Waals surface area contributed by atoms with Crippen molar-refractivity contribution in [3.05, 3.63) is 29.8 Å². The SMILES string of the molecule is CCCCCS(=O)(=O)CC(O)COc1cccc(CN)c1. The molecule has 0 bridgehead atoms. The largest absolute Gasteiger partial charge is 0.491 e. The first-order chi connectivity index (χ1) is 9.96. The Hall–Kier alpha value is -1.11. The van der Waals surface area contributed by atoms with Crippen LogP contribution in [0.1, 0.15) is 31.7 Å². The Balaban J connectivity index is 2.40. The maximum Gasteiger partial charge on any atom is 0.152 e. The van der Waals surface area contributed by atoms with Crippen LogP contribution in [0.2, 0.25) is 0 Å². The fourth-order valence-corrected chi connectivity index (χ4v) is 3.44. The number of nitrogens with two attached hydrogens (primary N) is 1. The molecule has 6 heteroatoms. The molecular formula is C15H25NO4S. The van der Waals surface area contributed by atoms with Crippen LogP contribution in [0.5, 0.6) is 5.75 Å². The van der Waals surface area contributed by atoms with Crippen LogP contribution in [0.15, 0.2) is 24.3 Å². The highest BCUT2D eigenvalue weighted by Gasteiger charge is 2.17. The van der Waals surface area contributed by atoms with E-state index in [1.54, 1.807) is 12.1 Å². The average Bonchev–Trinajstić information content (AvgIpc) is 2.45. The van der Waals surface area contributed by atoms with Crippen molar-refractivity contribution >= 4 is 9.84 Å². The Morgan fingerprint density at radius 1 is 1.33 bits per heavy atom. The van der Waals surface area contributed by atoms with Crippen LogP contribution in [0, 0.1) is 0 Å². The van der Waals surface area contributed by atoms with Crippen LogP contribution in [0.25, 0.3) is 0 Å². The number of hydrogen-bond donors (Lipinski definition) is 2. The molecule has 0 saturated heterocycles. The summed E-state index contributed by atoms with van der Waals surface area (Å²) in [7, 11) is -3.22. The molecule has 0 radical (unpaired) electrons. The standard InChI is InChI=1S/C15H25NO4S/c1-2-3-4-8-21(18,19)12-14(17)11-20-15-7-5-6-13(9-15)10-16/h5-7,9,14,17H,2-4,8,10-12,16H2,1H3. The van der Waals surface area contributed by atoms with E-state index in [0.29, 0.717) is 18.7 Å². The van der Waals surface area contributed by atoms with Crippen molar-refractivity contribution in [3.8, 4) is 5.75 Å². The number of hydrogen-bond acceptors (Lipinski definition) is 5. The first-order valence-corrected chi connectivity index (χ1v) is 9.09. The van der Waals surface area contributed by atoms with Crippen LogP contribution in [0.4, 0.5) is 0 Å². The summed E-state index contributed by atoms with van der Waals surface area (Å²) >= 11 is 0. The van der Waals surface area contributed by atoms with Gasteiger partial charge >= 0.3 is 0 Å². The van der Waals surface area contributed by atoms with Crippen molar-refractivity contribution in [2.45, 2.75) is 38.8 Å². The molecule has 0 aliphatic carbocycles. The molecule has 0 aliphatic heterocycles. The van der Waals surface area contributed by atoms with E-state index in [4.69, 9.17) is 10.5 Å². The van der Waals surface area contributed by atoms with Gasteiger partial charge in [-0.15, -0.1) is 0 Å². The van der Waals surface area contributed by atoms with Gasteiger partial charge in [-0.25, -0.2) is 8.42 Å². The van der Waals surface area contributed by atoms with Gasteiger partial charge in [0, 0.05) is 6.54 Å². The van der Waals surface area contributed by atoms with E-state index in [-0.39, 0.29) is 18.1 Å². The summed E-state index contributed by atoms with van der Waals surface area (Å²) in [6.07, 6.45) is 1.49. The third-order valence-corrected chi connectivity index (χ3v) is 4.89. The molecule has 3 N–H and O–H groups in total. The fraction of sp³-hybridized carbons (Fsp3) is 0.600. The lowest BCUT2D eigenvalue weighted by molar-refractivity contribution is 0.125. The minimum atomic E-state index is -3.22. The topological polar surface area (TPSA) is 89.6 Å². The highest BCUT2D eigenvalue weighted by Crippen LogP contribution is 2.13. The summed E-state index contributed by atoms with van der Waals surface area (Å²) in [4.78, 5) is 0. The minimum Gasteiger partial charge on any atom is -0.491 e. The van der Waals surface area contributed by atoms with Crippen LogP contribution in [-0.2, 0) is 16.4 Å². The fourth-order valence-electron chi connectivity index (χ4n) is 1.95. The molecule has 0 heterocycles. The molecule has 120 valence electrons. The van der Waals surface area contributed by atoms with Gasteiger partial charge in [-0.05, 0) is 24.1 Å². The third-order valence-electron chi connectivity index (χ3n) is 3.08. The predicted octanol–water partition coefficient (Wildman–Crippen LogP) is 1.49. The maximum atomic E-state index is 11.8. The van der Waals surface area contributed by atoms with E-state index in [2.05, 4.69) is 0 Å². The summed E-state index contributed by atoms with van der Waals surface area (Å²) < 4.78 is 29.0. The van der Waals surface area contributed by atoms with Crippen LogP contribution < -0.4 is 10.5 Å². The van der Waals surface area contributed by atoms with Crippen LogP contribution >= 0.6 is 0 Å². The van der Waals surface area contributed by atoms with Gasteiger partial charge in [0.25, 0.3) is 0 Å². The van der Waals surface area contributed by atoms with Gasteiger partial charge in [-0.1, -0.05) is 31.9 Å². The quantitative estimate of drug-likeness (QED) is 0.639. The Morgan fingerprint density at radius 3 is 2.76 bits per heavy atom. The molecule has 21 heavy (non-hydrogen) atoms. The summed E-state index contributed by atoms with van der Waals surface area (Å²) in [5, 5.41) is 9.80. The molecule has 1 unspecified atom stereocenters. The predicted molar refractivity (Wildman–Crippen MR) is 84.0 cm³/mol. The number of aliphatic hydroxyl groups excluding tert-OH is 1. The molecular weight excluding hydrogens is 290 g/mol. The molecule has 0 saturated carbocycles. The smallest absolute Gasteiger partial charge is 0.152 e. The highest BCUT2D eigenvalue weighted by molar-refractivity contribution is 7.91. The number of ether oxygens (including phenoxy) is 1. The van der Waals surface area contributed by atoms with Gasteiger partial charge in [0.2, 0.25) is 0 Å². The lowest BCUT2D eigenvalue weighted by Crippen LogP contribution is -2.28. The number of rotatable bonds is 10. The van der Waals surface area contributed by atoms with Crippen molar-refractivity contribution < 1.29 is 18.3 Å². The average molecular weight is 315 g/mol. The first kappa shape index (κ1) is 17.9. The van der Waals surface area contributed by atoms with E-state index in [9.17, 15) is 13.5 Å². The molecule has 0 aromatic heterocycles.